The van der Waals surface area contributed by atoms with Crippen LogP contribution in [-0.4, -0.2) is 18.1 Å². The standard InChI is InChI=1S/C17H20N2OS/c1-20-13-9-5-11(6-10-13)16(18-12-7-8-12)17-19-14-3-2-4-15(14)21-17/h5-6,9-10,12,16,18H,2-4,7-8H2,1H3. The number of hydrogen-bond donors (Lipinski definition) is 1. The van der Waals surface area contributed by atoms with Gasteiger partial charge in [-0.05, 0) is 49.8 Å². The van der Waals surface area contributed by atoms with Gasteiger partial charge in [0.1, 0.15) is 10.8 Å². The number of thiazole rings is 1. The molecular weight excluding hydrogens is 280 g/mol. The number of ether oxygens (including phenoxy) is 1. The minimum Gasteiger partial charge on any atom is -0.497 e. The average Bonchev–Trinajstić information content (AvgIpc) is 3.08. The van der Waals surface area contributed by atoms with Crippen molar-refractivity contribution in [1.29, 1.82) is 0 Å². The molecule has 2 aliphatic rings. The van der Waals surface area contributed by atoms with Crippen LogP contribution in [0.2, 0.25) is 0 Å². The number of methoxy groups -OCH3 is 1. The first kappa shape index (κ1) is 13.3. The predicted octanol–water partition coefficient (Wildman–Crippen LogP) is 3.48. The van der Waals surface area contributed by atoms with E-state index in [1.54, 1.807) is 7.11 Å². The molecule has 1 unspecified atom stereocenters. The molecule has 1 aromatic heterocycles. The number of rotatable bonds is 5. The molecule has 4 heteroatoms. The molecule has 1 saturated carbocycles. The fraction of sp³-hybridized carbons (Fsp3) is 0.471. The Morgan fingerprint density at radius 1 is 1.24 bits per heavy atom. The normalized spacial score (nSPS) is 18.5. The van der Waals surface area contributed by atoms with E-state index in [1.807, 2.05) is 23.5 Å². The lowest BCUT2D eigenvalue weighted by atomic mass is 10.1. The highest BCUT2D eigenvalue weighted by Gasteiger charge is 2.29. The second-order valence-corrected chi connectivity index (χ2v) is 7.04. The Labute approximate surface area is 129 Å². The number of hydrogen-bond acceptors (Lipinski definition) is 4. The summed E-state index contributed by atoms with van der Waals surface area (Å²) in [5.41, 5.74) is 2.63. The SMILES string of the molecule is COc1ccc(C(NC2CC2)c2nc3c(s2)CCC3)cc1. The summed E-state index contributed by atoms with van der Waals surface area (Å²) in [6.07, 6.45) is 6.23. The Kier molecular flexibility index (Phi) is 3.43. The van der Waals surface area contributed by atoms with Gasteiger partial charge in [-0.1, -0.05) is 12.1 Å². The van der Waals surface area contributed by atoms with Gasteiger partial charge in [0.2, 0.25) is 0 Å². The molecular formula is C17H20N2OS. The van der Waals surface area contributed by atoms with E-state index in [0.717, 1.165) is 12.2 Å². The Bertz CT molecular complexity index is 609. The van der Waals surface area contributed by atoms with Crippen molar-refractivity contribution in [3.63, 3.8) is 0 Å². The fourth-order valence-electron chi connectivity index (χ4n) is 2.93. The molecule has 1 aromatic carbocycles. The molecule has 1 atom stereocenters. The first-order valence-corrected chi connectivity index (χ1v) is 8.53. The van der Waals surface area contributed by atoms with Crippen LogP contribution >= 0.6 is 11.3 Å². The van der Waals surface area contributed by atoms with Crippen LogP contribution in [0.15, 0.2) is 24.3 Å². The summed E-state index contributed by atoms with van der Waals surface area (Å²) in [6, 6.07) is 9.29. The van der Waals surface area contributed by atoms with Gasteiger partial charge in [-0.25, -0.2) is 4.98 Å². The zero-order chi connectivity index (χ0) is 14.2. The van der Waals surface area contributed by atoms with Crippen molar-refractivity contribution in [1.82, 2.24) is 10.3 Å². The molecule has 2 aromatic rings. The number of aromatic nitrogens is 1. The molecule has 1 N–H and O–H groups in total. The lowest BCUT2D eigenvalue weighted by Crippen LogP contribution is -2.24. The van der Waals surface area contributed by atoms with Gasteiger partial charge in [-0.3, -0.25) is 0 Å². The van der Waals surface area contributed by atoms with Crippen molar-refractivity contribution >= 4 is 11.3 Å². The molecule has 1 heterocycles. The van der Waals surface area contributed by atoms with Gasteiger partial charge >= 0.3 is 0 Å². The summed E-state index contributed by atoms with van der Waals surface area (Å²) in [5, 5.41) is 4.99. The molecule has 110 valence electrons. The van der Waals surface area contributed by atoms with E-state index in [0.29, 0.717) is 6.04 Å². The van der Waals surface area contributed by atoms with Gasteiger partial charge < -0.3 is 10.1 Å². The molecule has 0 saturated heterocycles. The molecule has 0 aliphatic heterocycles. The van der Waals surface area contributed by atoms with Crippen LogP contribution in [0, 0.1) is 0 Å². The van der Waals surface area contributed by atoms with Gasteiger partial charge in [0.15, 0.2) is 0 Å². The van der Waals surface area contributed by atoms with Gasteiger partial charge in [0.25, 0.3) is 0 Å². The van der Waals surface area contributed by atoms with Crippen molar-refractivity contribution in [3.8, 4) is 5.75 Å². The van der Waals surface area contributed by atoms with Crippen molar-refractivity contribution in [2.24, 2.45) is 0 Å². The molecule has 3 nitrogen and oxygen atoms in total. The van der Waals surface area contributed by atoms with Crippen LogP contribution in [0.5, 0.6) is 5.75 Å². The molecule has 4 rings (SSSR count). The highest BCUT2D eigenvalue weighted by molar-refractivity contribution is 7.11. The first-order chi connectivity index (χ1) is 10.3. The van der Waals surface area contributed by atoms with Gasteiger partial charge in [-0.2, -0.15) is 0 Å². The van der Waals surface area contributed by atoms with Crippen LogP contribution in [0.1, 0.15) is 46.4 Å². The molecule has 0 bridgehead atoms. The maximum Gasteiger partial charge on any atom is 0.118 e. The van der Waals surface area contributed by atoms with E-state index >= 15 is 0 Å². The third-order valence-electron chi connectivity index (χ3n) is 4.29. The van der Waals surface area contributed by atoms with Crippen LogP contribution in [0.25, 0.3) is 0 Å². The largest absolute Gasteiger partial charge is 0.497 e. The summed E-state index contributed by atoms with van der Waals surface area (Å²) in [4.78, 5) is 6.42. The smallest absolute Gasteiger partial charge is 0.118 e. The fourth-order valence-corrected chi connectivity index (χ4v) is 4.17. The quantitative estimate of drug-likeness (QED) is 0.918. The topological polar surface area (TPSA) is 34.1 Å². The van der Waals surface area contributed by atoms with Crippen molar-refractivity contribution in [2.75, 3.05) is 7.11 Å². The van der Waals surface area contributed by atoms with E-state index in [2.05, 4.69) is 17.4 Å². The minimum atomic E-state index is 0.235. The van der Waals surface area contributed by atoms with Crippen LogP contribution < -0.4 is 10.1 Å². The zero-order valence-corrected chi connectivity index (χ0v) is 13.1. The van der Waals surface area contributed by atoms with E-state index in [9.17, 15) is 0 Å². The third-order valence-corrected chi connectivity index (χ3v) is 5.51. The van der Waals surface area contributed by atoms with Gasteiger partial charge in [0, 0.05) is 10.9 Å². The maximum absolute atomic E-state index is 5.26. The minimum absolute atomic E-state index is 0.235. The Hall–Kier alpha value is -1.39. The number of nitrogens with one attached hydrogen (secondary N) is 1. The number of benzene rings is 1. The van der Waals surface area contributed by atoms with E-state index in [1.165, 1.54) is 46.8 Å². The van der Waals surface area contributed by atoms with E-state index in [4.69, 9.17) is 9.72 Å². The van der Waals surface area contributed by atoms with E-state index in [-0.39, 0.29) is 6.04 Å². The Morgan fingerprint density at radius 2 is 2.05 bits per heavy atom. The second kappa shape index (κ2) is 5.43. The Morgan fingerprint density at radius 3 is 2.71 bits per heavy atom. The highest BCUT2D eigenvalue weighted by atomic mass is 32.1. The number of fused-ring (bicyclic) bond motifs is 1. The summed E-state index contributed by atoms with van der Waals surface area (Å²) in [7, 11) is 1.71. The summed E-state index contributed by atoms with van der Waals surface area (Å²) in [6.45, 7) is 0. The summed E-state index contributed by atoms with van der Waals surface area (Å²) in [5.74, 6) is 0.908. The second-order valence-electron chi connectivity index (χ2n) is 5.92. The van der Waals surface area contributed by atoms with Gasteiger partial charge in [0.05, 0.1) is 18.8 Å². The third kappa shape index (κ3) is 2.70. The highest BCUT2D eigenvalue weighted by Crippen LogP contribution is 2.35. The molecule has 2 aliphatic carbocycles. The lowest BCUT2D eigenvalue weighted by Gasteiger charge is -2.17. The summed E-state index contributed by atoms with van der Waals surface area (Å²) >= 11 is 1.90. The number of nitrogens with zero attached hydrogens (tertiary/aromatic N) is 1. The first-order valence-electron chi connectivity index (χ1n) is 7.72. The van der Waals surface area contributed by atoms with E-state index < -0.39 is 0 Å². The average molecular weight is 300 g/mol. The van der Waals surface area contributed by atoms with Crippen molar-refractivity contribution in [3.05, 3.63) is 45.4 Å². The van der Waals surface area contributed by atoms with Gasteiger partial charge in [-0.15, -0.1) is 11.3 Å². The van der Waals surface area contributed by atoms with Crippen molar-refractivity contribution < 1.29 is 4.74 Å². The maximum atomic E-state index is 5.26. The monoisotopic (exact) mass is 300 g/mol. The van der Waals surface area contributed by atoms with Crippen LogP contribution in [0.3, 0.4) is 0 Å². The molecule has 0 amide bonds. The lowest BCUT2D eigenvalue weighted by molar-refractivity contribution is 0.414. The predicted molar refractivity (Wildman–Crippen MR) is 85.1 cm³/mol. The summed E-state index contributed by atoms with van der Waals surface area (Å²) < 4.78 is 5.26. The van der Waals surface area contributed by atoms with Crippen LogP contribution in [0.4, 0.5) is 0 Å². The zero-order valence-electron chi connectivity index (χ0n) is 12.3. The molecule has 1 fully saturated rings. The molecule has 0 spiro atoms. The van der Waals surface area contributed by atoms with Crippen molar-refractivity contribution in [2.45, 2.75) is 44.2 Å². The Balaban J connectivity index is 1.65. The van der Waals surface area contributed by atoms with Crippen LogP contribution in [-0.2, 0) is 12.8 Å². The molecule has 21 heavy (non-hydrogen) atoms. The molecule has 0 radical (unpaired) electrons. The number of aryl methyl sites for hydroxylation is 2.